The third kappa shape index (κ3) is 4.47. The number of aromatic carboxylic acids is 1. The Morgan fingerprint density at radius 2 is 1.69 bits per heavy atom. The summed E-state index contributed by atoms with van der Waals surface area (Å²) < 4.78 is 3.27. The highest BCUT2D eigenvalue weighted by atomic mass is 16.4. The molecule has 1 N–H and O–H groups in total. The van der Waals surface area contributed by atoms with Crippen molar-refractivity contribution in [1.82, 2.24) is 14.3 Å². The summed E-state index contributed by atoms with van der Waals surface area (Å²) in [5, 5.41) is 14.0. The normalized spacial score (nSPS) is 11.4. The van der Waals surface area contributed by atoms with E-state index in [1.807, 2.05) is 44.2 Å². The molecule has 1 aromatic heterocycles. The zero-order valence-electron chi connectivity index (χ0n) is 17.3. The van der Waals surface area contributed by atoms with Crippen molar-refractivity contribution >= 4 is 5.97 Å². The van der Waals surface area contributed by atoms with Crippen LogP contribution in [0.2, 0.25) is 0 Å². The van der Waals surface area contributed by atoms with Gasteiger partial charge in [-0.2, -0.15) is 5.10 Å². The average Bonchev–Trinajstić information content (AvgIpc) is 2.98. The fourth-order valence-electron chi connectivity index (χ4n) is 3.36. The van der Waals surface area contributed by atoms with Crippen LogP contribution in [-0.4, -0.2) is 25.4 Å². The second kappa shape index (κ2) is 8.47. The van der Waals surface area contributed by atoms with E-state index in [1.165, 1.54) is 4.68 Å². The van der Waals surface area contributed by atoms with E-state index in [1.54, 1.807) is 22.8 Å². The molecule has 6 nitrogen and oxygen atoms in total. The summed E-state index contributed by atoms with van der Waals surface area (Å²) >= 11 is 0. The van der Waals surface area contributed by atoms with E-state index in [0.29, 0.717) is 18.0 Å². The van der Waals surface area contributed by atoms with Gasteiger partial charge in [-0.3, -0.25) is 4.57 Å². The zero-order valence-corrected chi connectivity index (χ0v) is 17.3. The molecular weight excluding hydrogens is 366 g/mol. The minimum atomic E-state index is -0.948. The summed E-state index contributed by atoms with van der Waals surface area (Å²) in [6, 6.07) is 14.6. The van der Waals surface area contributed by atoms with Crippen LogP contribution in [0.15, 0.2) is 53.3 Å². The van der Waals surface area contributed by atoms with Crippen molar-refractivity contribution in [2.45, 2.75) is 46.7 Å². The molecule has 29 heavy (non-hydrogen) atoms. The second-order valence-corrected chi connectivity index (χ2v) is 7.97. The molecule has 0 aliphatic heterocycles. The number of aromatic nitrogens is 3. The Morgan fingerprint density at radius 3 is 2.28 bits per heavy atom. The Labute approximate surface area is 170 Å². The molecule has 0 bridgehead atoms. The number of carboxylic acids is 1. The maximum atomic E-state index is 12.8. The molecule has 0 unspecified atom stereocenters. The van der Waals surface area contributed by atoms with Crippen molar-refractivity contribution in [2.24, 2.45) is 5.92 Å². The minimum Gasteiger partial charge on any atom is -0.478 e. The van der Waals surface area contributed by atoms with Crippen molar-refractivity contribution < 1.29 is 9.90 Å². The van der Waals surface area contributed by atoms with Crippen LogP contribution in [0.3, 0.4) is 0 Å². The Balaban J connectivity index is 1.93. The van der Waals surface area contributed by atoms with Crippen LogP contribution in [-0.2, 0) is 13.0 Å². The third-order valence-electron chi connectivity index (χ3n) is 4.80. The van der Waals surface area contributed by atoms with Gasteiger partial charge in [0, 0.05) is 6.42 Å². The molecule has 2 aromatic carbocycles. The molecule has 0 aliphatic carbocycles. The van der Waals surface area contributed by atoms with Gasteiger partial charge >= 0.3 is 11.7 Å². The van der Waals surface area contributed by atoms with E-state index < -0.39 is 5.97 Å². The number of nitrogens with zero attached hydrogens (tertiary/aromatic N) is 3. The first-order valence-corrected chi connectivity index (χ1v) is 9.87. The highest BCUT2D eigenvalue weighted by Gasteiger charge is 2.17. The summed E-state index contributed by atoms with van der Waals surface area (Å²) in [6.45, 7) is 8.56. The Hall–Kier alpha value is -3.15. The molecule has 0 amide bonds. The van der Waals surface area contributed by atoms with E-state index in [4.69, 9.17) is 0 Å². The highest BCUT2D eigenvalue weighted by molar-refractivity contribution is 5.95. The first-order chi connectivity index (χ1) is 13.8. The topological polar surface area (TPSA) is 77.1 Å². The standard InChI is InChI=1S/C23H27N3O3/c1-15(2)13-21-24-26(16(3)4)23(29)25(21)14-17-9-11-18(12-10-17)19-7-5-6-8-20(19)22(27)28/h5-12,15-16H,13-14H2,1-4H3,(H,27,28). The molecule has 152 valence electrons. The molecule has 0 aliphatic rings. The van der Waals surface area contributed by atoms with Crippen LogP contribution in [0, 0.1) is 5.92 Å². The van der Waals surface area contributed by atoms with Gasteiger partial charge in [-0.15, -0.1) is 0 Å². The quantitative estimate of drug-likeness (QED) is 0.651. The van der Waals surface area contributed by atoms with Crippen LogP contribution < -0.4 is 5.69 Å². The molecular formula is C23H27N3O3. The lowest BCUT2D eigenvalue weighted by Gasteiger charge is -2.10. The van der Waals surface area contributed by atoms with Gasteiger partial charge < -0.3 is 5.11 Å². The van der Waals surface area contributed by atoms with Crippen molar-refractivity contribution in [3.05, 3.63) is 76.0 Å². The largest absolute Gasteiger partial charge is 0.478 e. The van der Waals surface area contributed by atoms with Crippen LogP contribution in [0.1, 0.15) is 55.5 Å². The SMILES string of the molecule is CC(C)Cc1nn(C(C)C)c(=O)n1Cc1ccc(-c2ccccc2C(=O)O)cc1. The summed E-state index contributed by atoms with van der Waals surface area (Å²) in [6.07, 6.45) is 0.735. The predicted molar refractivity (Wildman–Crippen MR) is 113 cm³/mol. The molecule has 0 atom stereocenters. The second-order valence-electron chi connectivity index (χ2n) is 7.97. The van der Waals surface area contributed by atoms with Crippen LogP contribution in [0.5, 0.6) is 0 Å². The maximum absolute atomic E-state index is 12.8. The minimum absolute atomic E-state index is 0.00422. The molecule has 6 heteroatoms. The zero-order chi connectivity index (χ0) is 21.1. The number of carbonyl (C=O) groups is 1. The van der Waals surface area contributed by atoms with Gasteiger partial charge in [-0.1, -0.05) is 56.3 Å². The molecule has 1 heterocycles. The van der Waals surface area contributed by atoms with Crippen molar-refractivity contribution in [2.75, 3.05) is 0 Å². The average molecular weight is 393 g/mol. The molecule has 0 saturated carbocycles. The van der Waals surface area contributed by atoms with Crippen molar-refractivity contribution in [1.29, 1.82) is 0 Å². The van der Waals surface area contributed by atoms with E-state index in [-0.39, 0.29) is 17.3 Å². The molecule has 3 aromatic rings. The summed E-state index contributed by atoms with van der Waals surface area (Å²) in [5.74, 6) is 0.237. The maximum Gasteiger partial charge on any atom is 0.346 e. The Kier molecular flexibility index (Phi) is 6.01. The van der Waals surface area contributed by atoms with Crippen LogP contribution in [0.25, 0.3) is 11.1 Å². The van der Waals surface area contributed by atoms with E-state index >= 15 is 0 Å². The fraction of sp³-hybridized carbons (Fsp3) is 0.348. The lowest BCUT2D eigenvalue weighted by Crippen LogP contribution is -2.27. The van der Waals surface area contributed by atoms with Crippen molar-refractivity contribution in [3.63, 3.8) is 0 Å². The first kappa shape index (κ1) is 20.6. The molecule has 0 saturated heterocycles. The fourth-order valence-corrected chi connectivity index (χ4v) is 3.36. The molecule has 0 spiro atoms. The van der Waals surface area contributed by atoms with E-state index in [2.05, 4.69) is 18.9 Å². The van der Waals surface area contributed by atoms with Gasteiger partial charge in [0.1, 0.15) is 5.82 Å². The smallest absolute Gasteiger partial charge is 0.346 e. The van der Waals surface area contributed by atoms with E-state index in [9.17, 15) is 14.7 Å². The Bertz CT molecular complexity index is 1060. The predicted octanol–water partition coefficient (Wildman–Crippen LogP) is 4.24. The Morgan fingerprint density at radius 1 is 1.03 bits per heavy atom. The van der Waals surface area contributed by atoms with Gasteiger partial charge in [0.15, 0.2) is 0 Å². The van der Waals surface area contributed by atoms with Crippen LogP contribution in [0.4, 0.5) is 0 Å². The van der Waals surface area contributed by atoms with Gasteiger partial charge in [0.2, 0.25) is 0 Å². The molecule has 0 fully saturated rings. The first-order valence-electron chi connectivity index (χ1n) is 9.87. The number of rotatable bonds is 7. The summed E-state index contributed by atoms with van der Waals surface area (Å²) in [7, 11) is 0. The molecule has 0 radical (unpaired) electrons. The van der Waals surface area contributed by atoms with E-state index in [0.717, 1.165) is 23.4 Å². The number of benzene rings is 2. The molecule has 3 rings (SSSR count). The monoisotopic (exact) mass is 393 g/mol. The van der Waals surface area contributed by atoms with Gasteiger partial charge in [0.05, 0.1) is 18.2 Å². The van der Waals surface area contributed by atoms with Gasteiger partial charge in [-0.05, 0) is 42.5 Å². The lowest BCUT2D eigenvalue weighted by atomic mass is 9.99. The van der Waals surface area contributed by atoms with Crippen LogP contribution >= 0.6 is 0 Å². The number of carboxylic acid groups (broad SMARTS) is 1. The number of hydrogen-bond donors (Lipinski definition) is 1. The third-order valence-corrected chi connectivity index (χ3v) is 4.80. The summed E-state index contributed by atoms with van der Waals surface area (Å²) in [5.41, 5.74) is 2.65. The highest BCUT2D eigenvalue weighted by Crippen LogP contribution is 2.24. The number of hydrogen-bond acceptors (Lipinski definition) is 3. The van der Waals surface area contributed by atoms with Gasteiger partial charge in [-0.25, -0.2) is 14.3 Å². The summed E-state index contributed by atoms with van der Waals surface area (Å²) in [4.78, 5) is 24.3. The van der Waals surface area contributed by atoms with Gasteiger partial charge in [0.25, 0.3) is 0 Å². The lowest BCUT2D eigenvalue weighted by molar-refractivity contribution is 0.0697. The van der Waals surface area contributed by atoms with Crippen molar-refractivity contribution in [3.8, 4) is 11.1 Å².